The number of piperazine rings is 1. The number of amides is 1. The lowest BCUT2D eigenvalue weighted by atomic mass is 10.1. The van der Waals surface area contributed by atoms with Gasteiger partial charge in [0, 0.05) is 49.8 Å². The number of aliphatic hydroxyl groups is 1. The molecule has 0 aliphatic carbocycles. The van der Waals surface area contributed by atoms with Crippen LogP contribution in [0.15, 0.2) is 70.9 Å². The molecule has 2 aromatic carbocycles. The van der Waals surface area contributed by atoms with E-state index in [-0.39, 0.29) is 30.5 Å². The number of nitrogens with zero attached hydrogens (tertiary/aromatic N) is 6. The minimum absolute atomic E-state index is 0.0311. The van der Waals surface area contributed by atoms with Crippen LogP contribution in [-0.2, 0) is 17.5 Å². The van der Waals surface area contributed by atoms with Crippen LogP contribution in [0.2, 0.25) is 0 Å². The van der Waals surface area contributed by atoms with Gasteiger partial charge in [-0.05, 0) is 64.5 Å². The summed E-state index contributed by atoms with van der Waals surface area (Å²) in [6, 6.07) is 10.2. The smallest absolute Gasteiger partial charge is 0.416 e. The van der Waals surface area contributed by atoms with Gasteiger partial charge in [-0.3, -0.25) is 19.6 Å². The van der Waals surface area contributed by atoms with Gasteiger partial charge in [0.15, 0.2) is 0 Å². The molecule has 0 unspecified atom stereocenters. The Bertz CT molecular complexity index is 1540. The van der Waals surface area contributed by atoms with Crippen LogP contribution < -0.4 is 0 Å². The zero-order valence-corrected chi connectivity index (χ0v) is 24.7. The number of alkyl halides is 3. The maximum Gasteiger partial charge on any atom is 0.416 e. The van der Waals surface area contributed by atoms with Crippen molar-refractivity contribution in [2.24, 2.45) is 0 Å². The summed E-state index contributed by atoms with van der Waals surface area (Å²) in [5.74, 6) is -0.406. The van der Waals surface area contributed by atoms with Crippen LogP contribution in [0.5, 0.6) is 0 Å². The summed E-state index contributed by atoms with van der Waals surface area (Å²) in [6.07, 6.45) is -0.650. The van der Waals surface area contributed by atoms with Gasteiger partial charge in [-0.1, -0.05) is 18.2 Å². The predicted molar refractivity (Wildman–Crippen MR) is 157 cm³/mol. The van der Waals surface area contributed by atoms with Crippen LogP contribution in [0.4, 0.5) is 29.5 Å². The van der Waals surface area contributed by atoms with Gasteiger partial charge in [-0.25, -0.2) is 4.79 Å². The Balaban J connectivity index is 1.27. The minimum Gasteiger partial charge on any atom is -0.445 e. The van der Waals surface area contributed by atoms with Crippen molar-refractivity contribution in [3.05, 3.63) is 92.2 Å². The van der Waals surface area contributed by atoms with Crippen LogP contribution >= 0.6 is 11.8 Å². The number of aromatic nitrogens is 2. The highest BCUT2D eigenvalue weighted by Crippen LogP contribution is 2.31. The third kappa shape index (κ3) is 9.50. The Labute approximate surface area is 259 Å². The summed E-state index contributed by atoms with van der Waals surface area (Å²) in [5.41, 5.74) is -1.66. The summed E-state index contributed by atoms with van der Waals surface area (Å²) < 4.78 is 44.8. The number of carbonyl (C=O) groups is 1. The number of carbonyl (C=O) groups excluding carboxylic acids is 1. The Kier molecular flexibility index (Phi) is 10.5. The Morgan fingerprint density at radius 3 is 2.24 bits per heavy atom. The monoisotopic (exact) mass is 650 g/mol. The standard InChI is InChI=1S/C28H29F3N6O7S/c1-27(39,19-35-17-24(37(42)43)32-25(35)45-23-10-8-22(9-11-23)36(40)41)18-33-12-14-34(15-13-33)26(38)44-16-2-3-20-4-6-21(7-5-20)28(29,30)31/h2-11,17,39H,12-16,18-19H2,1H3/t27-/m0/s1. The van der Waals surface area contributed by atoms with Gasteiger partial charge >= 0.3 is 18.1 Å². The molecule has 1 fully saturated rings. The second kappa shape index (κ2) is 14.1. The lowest BCUT2D eigenvalue weighted by Crippen LogP contribution is -2.53. The fourth-order valence-electron chi connectivity index (χ4n) is 4.58. The van der Waals surface area contributed by atoms with E-state index < -0.39 is 39.1 Å². The third-order valence-electron chi connectivity index (χ3n) is 6.73. The Morgan fingerprint density at radius 1 is 1.02 bits per heavy atom. The molecule has 240 valence electrons. The Hall–Kier alpha value is -4.48. The van der Waals surface area contributed by atoms with Gasteiger partial charge in [0.05, 0.1) is 22.6 Å². The number of ether oxygens (including phenoxy) is 1. The molecule has 1 saturated heterocycles. The molecule has 1 amide bonds. The van der Waals surface area contributed by atoms with Gasteiger partial charge < -0.3 is 24.9 Å². The molecule has 1 atom stereocenters. The molecule has 1 aliphatic heterocycles. The van der Waals surface area contributed by atoms with Crippen molar-refractivity contribution in [3.63, 3.8) is 0 Å². The second-order valence-electron chi connectivity index (χ2n) is 10.5. The molecule has 13 nitrogen and oxygen atoms in total. The molecule has 45 heavy (non-hydrogen) atoms. The zero-order valence-electron chi connectivity index (χ0n) is 23.9. The molecule has 1 aromatic heterocycles. The summed E-state index contributed by atoms with van der Waals surface area (Å²) >= 11 is 1.07. The molecule has 17 heteroatoms. The number of nitro groups is 2. The summed E-state index contributed by atoms with van der Waals surface area (Å²) in [5, 5.41) is 33.8. The third-order valence-corrected chi connectivity index (χ3v) is 7.74. The molecular weight excluding hydrogens is 621 g/mol. The highest BCUT2D eigenvalue weighted by Gasteiger charge is 2.32. The minimum atomic E-state index is -4.41. The number of hydrogen-bond donors (Lipinski definition) is 1. The van der Waals surface area contributed by atoms with Gasteiger partial charge in [-0.15, -0.1) is 0 Å². The van der Waals surface area contributed by atoms with Crippen molar-refractivity contribution in [1.82, 2.24) is 19.4 Å². The number of non-ortho nitro benzene ring substituents is 1. The number of rotatable bonds is 11. The maximum absolute atomic E-state index is 12.7. The normalized spacial score (nSPS) is 15.6. The van der Waals surface area contributed by atoms with Gasteiger partial charge in [-0.2, -0.15) is 13.2 Å². The highest BCUT2D eigenvalue weighted by atomic mass is 32.2. The SMILES string of the molecule is C[C@](O)(CN1CCN(C(=O)OCC=Cc2ccc(C(F)(F)F)cc2)CC1)Cn1cc([N+](=O)[O-])nc1Sc1ccc([N+](=O)[O-])cc1. The predicted octanol–water partition coefficient (Wildman–Crippen LogP) is 5.09. The van der Waals surface area contributed by atoms with Gasteiger partial charge in [0.1, 0.15) is 12.8 Å². The number of β-amino-alcohol motifs (C(OH)–C–C–N with tert-alkyl or cyclic N) is 1. The molecular formula is C28H29F3N6O7S. The molecule has 1 aliphatic rings. The number of nitro benzene ring substituents is 1. The van der Waals surface area contributed by atoms with E-state index >= 15 is 0 Å². The van der Waals surface area contributed by atoms with E-state index in [0.29, 0.717) is 36.6 Å². The molecule has 2 heterocycles. The van der Waals surface area contributed by atoms with E-state index in [0.717, 1.165) is 23.9 Å². The van der Waals surface area contributed by atoms with Crippen molar-refractivity contribution in [1.29, 1.82) is 0 Å². The first kappa shape index (κ1) is 33.4. The molecule has 1 N–H and O–H groups in total. The molecule has 0 spiro atoms. The summed E-state index contributed by atoms with van der Waals surface area (Å²) in [7, 11) is 0. The fourth-order valence-corrected chi connectivity index (χ4v) is 5.43. The van der Waals surface area contributed by atoms with Gasteiger partial charge in [0.25, 0.3) is 10.8 Å². The van der Waals surface area contributed by atoms with E-state index in [1.807, 2.05) is 4.90 Å². The molecule has 0 bridgehead atoms. The summed E-state index contributed by atoms with van der Waals surface area (Å²) in [6.45, 7) is 3.21. The van der Waals surface area contributed by atoms with Crippen molar-refractivity contribution >= 4 is 35.4 Å². The van der Waals surface area contributed by atoms with E-state index in [4.69, 9.17) is 4.74 Å². The van der Waals surface area contributed by atoms with Crippen LogP contribution in [0.1, 0.15) is 18.1 Å². The molecule has 0 saturated carbocycles. The fraction of sp³-hybridized carbons (Fsp3) is 0.357. The second-order valence-corrected chi connectivity index (χ2v) is 11.5. The first-order chi connectivity index (χ1) is 21.2. The van der Waals surface area contributed by atoms with Crippen molar-refractivity contribution in [2.75, 3.05) is 39.3 Å². The van der Waals surface area contributed by atoms with Crippen molar-refractivity contribution < 1.29 is 37.7 Å². The largest absolute Gasteiger partial charge is 0.445 e. The van der Waals surface area contributed by atoms with Crippen LogP contribution in [0.25, 0.3) is 6.08 Å². The van der Waals surface area contributed by atoms with E-state index in [2.05, 4.69) is 4.98 Å². The Morgan fingerprint density at radius 2 is 1.67 bits per heavy atom. The zero-order chi connectivity index (χ0) is 32.8. The van der Waals surface area contributed by atoms with Crippen molar-refractivity contribution in [2.45, 2.75) is 35.3 Å². The number of hydrogen-bond acceptors (Lipinski definition) is 10. The van der Waals surface area contributed by atoms with Crippen LogP contribution in [0.3, 0.4) is 0 Å². The van der Waals surface area contributed by atoms with E-state index in [9.17, 15) is 43.3 Å². The van der Waals surface area contributed by atoms with Crippen molar-refractivity contribution in [3.8, 4) is 0 Å². The average Bonchev–Trinajstić information content (AvgIpc) is 3.37. The average molecular weight is 651 g/mol. The maximum atomic E-state index is 12.7. The van der Waals surface area contributed by atoms with Crippen LogP contribution in [0, 0.1) is 20.2 Å². The van der Waals surface area contributed by atoms with E-state index in [1.54, 1.807) is 13.0 Å². The summed E-state index contributed by atoms with van der Waals surface area (Å²) in [4.78, 5) is 41.7. The quantitative estimate of drug-likeness (QED) is 0.219. The number of imidazole rings is 1. The number of benzene rings is 2. The highest BCUT2D eigenvalue weighted by molar-refractivity contribution is 7.99. The molecule has 3 aromatic rings. The topological polar surface area (TPSA) is 157 Å². The lowest BCUT2D eigenvalue weighted by molar-refractivity contribution is -0.389. The molecule has 0 radical (unpaired) electrons. The lowest BCUT2D eigenvalue weighted by Gasteiger charge is -2.37. The first-order valence-electron chi connectivity index (χ1n) is 13.5. The molecule has 4 rings (SSSR count). The number of halogens is 3. The first-order valence-corrected chi connectivity index (χ1v) is 14.4. The van der Waals surface area contributed by atoms with Gasteiger partial charge in [0.2, 0.25) is 0 Å². The van der Waals surface area contributed by atoms with E-state index in [1.165, 1.54) is 58.1 Å². The van der Waals surface area contributed by atoms with Crippen LogP contribution in [-0.4, -0.2) is 85.3 Å².